The predicted octanol–water partition coefficient (Wildman–Crippen LogP) is 5.11. The third kappa shape index (κ3) is 4.46. The highest BCUT2D eigenvalue weighted by Crippen LogP contribution is 2.34. The topological polar surface area (TPSA) is 21.3 Å². The van der Waals surface area contributed by atoms with E-state index in [-0.39, 0.29) is 11.8 Å². The average molecular weight is 380 g/mol. The van der Waals surface area contributed by atoms with Crippen molar-refractivity contribution in [3.05, 3.63) is 50.6 Å². The summed E-state index contributed by atoms with van der Waals surface area (Å²) < 4.78 is 41.3. The highest BCUT2D eigenvalue weighted by atomic mass is 79.9. The summed E-state index contributed by atoms with van der Waals surface area (Å²) in [6.07, 6.45) is -4.67. The van der Waals surface area contributed by atoms with E-state index in [1.807, 2.05) is 18.4 Å². The highest BCUT2D eigenvalue weighted by Gasteiger charge is 2.31. The molecular formula is C14H13BrF3NOS. The van der Waals surface area contributed by atoms with Gasteiger partial charge in [0.1, 0.15) is 5.75 Å². The predicted molar refractivity (Wildman–Crippen MR) is 80.7 cm³/mol. The number of halogens is 4. The van der Waals surface area contributed by atoms with Gasteiger partial charge in [0.15, 0.2) is 0 Å². The lowest BCUT2D eigenvalue weighted by atomic mass is 10.1. The summed E-state index contributed by atoms with van der Waals surface area (Å²) in [6, 6.07) is 7.82. The zero-order valence-electron chi connectivity index (χ0n) is 11.1. The molecule has 1 unspecified atom stereocenters. The molecule has 2 aromatic rings. The molecule has 0 amide bonds. The standard InChI is InChI=1S/C14H13BrF3NOS/c1-2-19-12(13-11(15)7-8-21-13)9-3-5-10(6-4-9)20-14(16,17)18/h3-8,12,19H,2H2,1H3. The molecule has 1 N–H and O–H groups in total. The molecule has 2 nitrogen and oxygen atoms in total. The molecule has 1 aromatic carbocycles. The minimum Gasteiger partial charge on any atom is -0.406 e. The van der Waals surface area contributed by atoms with E-state index in [9.17, 15) is 13.2 Å². The summed E-state index contributed by atoms with van der Waals surface area (Å²) in [6.45, 7) is 2.73. The molecule has 7 heteroatoms. The first-order valence-corrected chi connectivity index (χ1v) is 7.90. The molecule has 21 heavy (non-hydrogen) atoms. The molecule has 1 heterocycles. The molecule has 0 aliphatic heterocycles. The molecule has 0 saturated carbocycles. The zero-order valence-corrected chi connectivity index (χ0v) is 13.5. The second-order valence-electron chi connectivity index (χ2n) is 4.24. The lowest BCUT2D eigenvalue weighted by Crippen LogP contribution is -2.21. The Morgan fingerprint density at radius 2 is 1.90 bits per heavy atom. The van der Waals surface area contributed by atoms with E-state index < -0.39 is 6.36 Å². The second-order valence-corrected chi connectivity index (χ2v) is 6.04. The first kappa shape index (κ1) is 16.3. The molecule has 0 radical (unpaired) electrons. The van der Waals surface area contributed by atoms with Gasteiger partial charge in [-0.15, -0.1) is 24.5 Å². The van der Waals surface area contributed by atoms with Crippen molar-refractivity contribution in [1.29, 1.82) is 0 Å². The van der Waals surface area contributed by atoms with Crippen LogP contribution >= 0.6 is 27.3 Å². The normalized spacial score (nSPS) is 13.2. The molecule has 1 aromatic heterocycles. The second kappa shape index (κ2) is 6.81. The van der Waals surface area contributed by atoms with Crippen LogP contribution in [-0.2, 0) is 0 Å². The Bertz CT molecular complexity index is 583. The Labute approximate surface area is 133 Å². The molecule has 0 spiro atoms. The minimum absolute atomic E-state index is 0.0655. The van der Waals surface area contributed by atoms with E-state index >= 15 is 0 Å². The van der Waals surface area contributed by atoms with Crippen LogP contribution in [0.1, 0.15) is 23.4 Å². The molecule has 0 fully saturated rings. The van der Waals surface area contributed by atoms with Gasteiger partial charge in [0.05, 0.1) is 6.04 Å². The molecular weight excluding hydrogens is 367 g/mol. The number of rotatable bonds is 5. The van der Waals surface area contributed by atoms with Gasteiger partial charge in [0, 0.05) is 9.35 Å². The Morgan fingerprint density at radius 3 is 2.38 bits per heavy atom. The molecule has 0 saturated heterocycles. The van der Waals surface area contributed by atoms with Crippen LogP contribution in [-0.4, -0.2) is 12.9 Å². The van der Waals surface area contributed by atoms with Crippen LogP contribution in [0.3, 0.4) is 0 Å². The smallest absolute Gasteiger partial charge is 0.406 e. The third-order valence-electron chi connectivity index (χ3n) is 2.76. The third-order valence-corrected chi connectivity index (χ3v) is 4.70. The Kier molecular flexibility index (Phi) is 5.29. The van der Waals surface area contributed by atoms with Crippen molar-refractivity contribution in [3.8, 4) is 5.75 Å². The maximum atomic E-state index is 12.2. The van der Waals surface area contributed by atoms with Gasteiger partial charge < -0.3 is 10.1 Å². The molecule has 1 atom stereocenters. The maximum Gasteiger partial charge on any atom is 0.573 e. The maximum absolute atomic E-state index is 12.2. The fourth-order valence-corrected chi connectivity index (χ4v) is 3.64. The van der Waals surface area contributed by atoms with Gasteiger partial charge in [-0.05, 0) is 51.6 Å². The van der Waals surface area contributed by atoms with E-state index in [4.69, 9.17) is 0 Å². The van der Waals surface area contributed by atoms with Gasteiger partial charge >= 0.3 is 6.36 Å². The van der Waals surface area contributed by atoms with Crippen molar-refractivity contribution in [2.24, 2.45) is 0 Å². The van der Waals surface area contributed by atoms with Crippen LogP contribution in [0.4, 0.5) is 13.2 Å². The summed E-state index contributed by atoms with van der Waals surface area (Å²) in [4.78, 5) is 1.08. The summed E-state index contributed by atoms with van der Waals surface area (Å²) in [5.41, 5.74) is 0.884. The molecule has 114 valence electrons. The van der Waals surface area contributed by atoms with Crippen molar-refractivity contribution < 1.29 is 17.9 Å². The van der Waals surface area contributed by atoms with Crippen LogP contribution in [0.15, 0.2) is 40.2 Å². The van der Waals surface area contributed by atoms with Crippen molar-refractivity contribution >= 4 is 27.3 Å². The first-order chi connectivity index (χ1) is 9.90. The fraction of sp³-hybridized carbons (Fsp3) is 0.286. The Balaban J connectivity index is 2.24. The van der Waals surface area contributed by atoms with Crippen molar-refractivity contribution in [1.82, 2.24) is 5.32 Å². The molecule has 0 aliphatic carbocycles. The fourth-order valence-electron chi connectivity index (χ4n) is 1.94. The van der Waals surface area contributed by atoms with Crippen molar-refractivity contribution in [2.75, 3.05) is 6.54 Å². The quantitative estimate of drug-likeness (QED) is 0.779. The van der Waals surface area contributed by atoms with Crippen LogP contribution in [0, 0.1) is 0 Å². The van der Waals surface area contributed by atoms with Gasteiger partial charge in [0.2, 0.25) is 0 Å². The van der Waals surface area contributed by atoms with Gasteiger partial charge in [-0.1, -0.05) is 19.1 Å². The highest BCUT2D eigenvalue weighted by molar-refractivity contribution is 9.10. The van der Waals surface area contributed by atoms with E-state index in [0.29, 0.717) is 0 Å². The summed E-state index contributed by atoms with van der Waals surface area (Å²) in [5.74, 6) is -0.216. The minimum atomic E-state index is -4.67. The SMILES string of the molecule is CCNC(c1ccc(OC(F)(F)F)cc1)c1sccc1Br. The summed E-state index contributed by atoms with van der Waals surface area (Å²) >= 11 is 5.07. The van der Waals surface area contributed by atoms with Gasteiger partial charge in [-0.25, -0.2) is 0 Å². The largest absolute Gasteiger partial charge is 0.573 e. The van der Waals surface area contributed by atoms with Gasteiger partial charge in [-0.3, -0.25) is 0 Å². The zero-order chi connectivity index (χ0) is 15.5. The van der Waals surface area contributed by atoms with Gasteiger partial charge in [-0.2, -0.15) is 0 Å². The monoisotopic (exact) mass is 379 g/mol. The van der Waals surface area contributed by atoms with Crippen LogP contribution in [0.5, 0.6) is 5.75 Å². The van der Waals surface area contributed by atoms with Crippen LogP contribution < -0.4 is 10.1 Å². The first-order valence-electron chi connectivity index (χ1n) is 6.22. The number of alkyl halides is 3. The van der Waals surface area contributed by atoms with E-state index in [1.165, 1.54) is 12.1 Å². The molecule has 0 aliphatic rings. The van der Waals surface area contributed by atoms with E-state index in [2.05, 4.69) is 26.0 Å². The van der Waals surface area contributed by atoms with Crippen LogP contribution in [0.2, 0.25) is 0 Å². The summed E-state index contributed by atoms with van der Waals surface area (Å²) in [5, 5.41) is 5.29. The lowest BCUT2D eigenvalue weighted by Gasteiger charge is -2.18. The number of nitrogens with one attached hydrogen (secondary N) is 1. The Morgan fingerprint density at radius 1 is 1.24 bits per heavy atom. The number of hydrogen-bond acceptors (Lipinski definition) is 3. The number of benzene rings is 1. The number of ether oxygens (including phenoxy) is 1. The van der Waals surface area contributed by atoms with Crippen LogP contribution in [0.25, 0.3) is 0 Å². The number of hydrogen-bond donors (Lipinski definition) is 1. The van der Waals surface area contributed by atoms with Crippen molar-refractivity contribution in [3.63, 3.8) is 0 Å². The van der Waals surface area contributed by atoms with Gasteiger partial charge in [0.25, 0.3) is 0 Å². The lowest BCUT2D eigenvalue weighted by molar-refractivity contribution is -0.274. The summed E-state index contributed by atoms with van der Waals surface area (Å²) in [7, 11) is 0. The van der Waals surface area contributed by atoms with E-state index in [0.717, 1.165) is 21.5 Å². The van der Waals surface area contributed by atoms with Crippen molar-refractivity contribution in [2.45, 2.75) is 19.3 Å². The average Bonchev–Trinajstić information content (AvgIpc) is 2.81. The molecule has 2 rings (SSSR count). The van der Waals surface area contributed by atoms with E-state index in [1.54, 1.807) is 23.5 Å². The number of thiophene rings is 1. The Hall–Kier alpha value is -1.05. The molecule has 0 bridgehead atoms.